The van der Waals surface area contributed by atoms with Crippen molar-refractivity contribution in [1.29, 1.82) is 0 Å². The number of carbonyl (C=O) groups excluding carboxylic acids is 1. The summed E-state index contributed by atoms with van der Waals surface area (Å²) in [5.41, 5.74) is 1.73. The third kappa shape index (κ3) is 3.61. The third-order valence-electron chi connectivity index (χ3n) is 3.54. The van der Waals surface area contributed by atoms with Crippen molar-refractivity contribution in [3.63, 3.8) is 0 Å². The van der Waals surface area contributed by atoms with Gasteiger partial charge in [-0.2, -0.15) is 0 Å². The molecule has 0 atom stereocenters. The largest absolute Gasteiger partial charge is 0.395 e. The Morgan fingerprint density at radius 2 is 2.25 bits per heavy atom. The summed E-state index contributed by atoms with van der Waals surface area (Å²) in [5, 5.41) is 8.72. The highest BCUT2D eigenvalue weighted by Crippen LogP contribution is 2.29. The van der Waals surface area contributed by atoms with Gasteiger partial charge < -0.3 is 10.0 Å². The quantitative estimate of drug-likeness (QED) is 0.838. The molecule has 1 fully saturated rings. The topological polar surface area (TPSA) is 40.5 Å². The van der Waals surface area contributed by atoms with Crippen LogP contribution in [0.4, 0.5) is 0 Å². The number of nitrogens with zero attached hydrogens (tertiary/aromatic N) is 1. The van der Waals surface area contributed by atoms with Gasteiger partial charge in [-0.1, -0.05) is 31.8 Å². The maximum absolute atomic E-state index is 12.5. The van der Waals surface area contributed by atoms with Crippen molar-refractivity contribution in [3.05, 3.63) is 35.4 Å². The first-order valence-corrected chi connectivity index (χ1v) is 7.01. The van der Waals surface area contributed by atoms with E-state index < -0.39 is 0 Å². The van der Waals surface area contributed by atoms with Crippen LogP contribution in [0.3, 0.4) is 0 Å². The van der Waals surface area contributed by atoms with E-state index in [4.69, 9.17) is 5.11 Å². The molecule has 3 heteroatoms. The molecule has 3 nitrogen and oxygen atoms in total. The maximum Gasteiger partial charge on any atom is 0.253 e. The van der Waals surface area contributed by atoms with Gasteiger partial charge in [-0.15, -0.1) is 0 Å². The van der Waals surface area contributed by atoms with Crippen molar-refractivity contribution in [3.8, 4) is 11.8 Å². The van der Waals surface area contributed by atoms with E-state index in [9.17, 15) is 4.79 Å². The van der Waals surface area contributed by atoms with Crippen LogP contribution in [0.25, 0.3) is 0 Å². The van der Waals surface area contributed by atoms with Crippen molar-refractivity contribution in [2.24, 2.45) is 5.41 Å². The molecule has 1 aliphatic heterocycles. The molecule has 1 saturated heterocycles. The summed E-state index contributed by atoms with van der Waals surface area (Å²) in [6.45, 7) is 6.08. The van der Waals surface area contributed by atoms with E-state index in [1.54, 1.807) is 0 Å². The molecule has 1 aromatic rings. The van der Waals surface area contributed by atoms with Gasteiger partial charge in [-0.25, -0.2) is 0 Å². The highest BCUT2D eigenvalue weighted by atomic mass is 16.2. The lowest BCUT2D eigenvalue weighted by molar-refractivity contribution is 0.0778. The average Bonchev–Trinajstić information content (AvgIpc) is 2.79. The van der Waals surface area contributed by atoms with Crippen molar-refractivity contribution >= 4 is 5.91 Å². The molecule has 0 unspecified atom stereocenters. The number of benzene rings is 1. The molecular formula is C17H21NO2. The van der Waals surface area contributed by atoms with Gasteiger partial charge in [-0.05, 0) is 30.0 Å². The summed E-state index contributed by atoms with van der Waals surface area (Å²) < 4.78 is 0. The van der Waals surface area contributed by atoms with Crippen LogP contribution in [-0.2, 0) is 0 Å². The monoisotopic (exact) mass is 271 g/mol. The van der Waals surface area contributed by atoms with Gasteiger partial charge in [0.05, 0.1) is 6.61 Å². The van der Waals surface area contributed by atoms with Gasteiger partial charge in [0.15, 0.2) is 0 Å². The summed E-state index contributed by atoms with van der Waals surface area (Å²) in [7, 11) is 0. The number of likely N-dealkylation sites (tertiary alicyclic amines) is 1. The van der Waals surface area contributed by atoms with Crippen LogP contribution in [-0.4, -0.2) is 35.6 Å². The molecular weight excluding hydrogens is 250 g/mol. The van der Waals surface area contributed by atoms with Gasteiger partial charge in [0.25, 0.3) is 5.91 Å². The fourth-order valence-corrected chi connectivity index (χ4v) is 2.42. The molecule has 1 heterocycles. The summed E-state index contributed by atoms with van der Waals surface area (Å²) >= 11 is 0. The maximum atomic E-state index is 12.5. The minimum absolute atomic E-state index is 0.0640. The van der Waals surface area contributed by atoms with E-state index in [1.807, 2.05) is 29.2 Å². The normalized spacial score (nSPS) is 16.6. The first-order chi connectivity index (χ1) is 9.52. The Kier molecular flexibility index (Phi) is 4.46. The molecule has 1 amide bonds. The molecule has 1 N–H and O–H groups in total. The predicted octanol–water partition coefficient (Wildman–Crippen LogP) is 2.29. The Morgan fingerprint density at radius 3 is 2.90 bits per heavy atom. The summed E-state index contributed by atoms with van der Waals surface area (Å²) in [4.78, 5) is 14.4. The van der Waals surface area contributed by atoms with E-state index in [-0.39, 0.29) is 17.9 Å². The number of carbonyl (C=O) groups is 1. The van der Waals surface area contributed by atoms with Gasteiger partial charge >= 0.3 is 0 Å². The van der Waals surface area contributed by atoms with E-state index >= 15 is 0 Å². The minimum Gasteiger partial charge on any atom is -0.395 e. The highest BCUT2D eigenvalue weighted by Gasteiger charge is 2.32. The molecule has 106 valence electrons. The van der Waals surface area contributed by atoms with Gasteiger partial charge in [-0.3, -0.25) is 4.79 Å². The molecule has 1 aromatic carbocycles. The molecule has 0 saturated carbocycles. The number of aliphatic hydroxyl groups excluding tert-OH is 1. The third-order valence-corrected chi connectivity index (χ3v) is 3.54. The molecule has 0 aliphatic carbocycles. The zero-order valence-corrected chi connectivity index (χ0v) is 12.1. The fourth-order valence-electron chi connectivity index (χ4n) is 2.42. The smallest absolute Gasteiger partial charge is 0.253 e. The first kappa shape index (κ1) is 14.6. The second-order valence-electron chi connectivity index (χ2n) is 6.00. The van der Waals surface area contributed by atoms with Crippen molar-refractivity contribution in [2.45, 2.75) is 26.7 Å². The number of hydrogen-bond donors (Lipinski definition) is 1. The second-order valence-corrected chi connectivity index (χ2v) is 6.00. The molecule has 0 bridgehead atoms. The zero-order valence-electron chi connectivity index (χ0n) is 12.1. The van der Waals surface area contributed by atoms with Crippen LogP contribution in [0.15, 0.2) is 24.3 Å². The Balaban J connectivity index is 2.11. The van der Waals surface area contributed by atoms with Gasteiger partial charge in [0.1, 0.15) is 0 Å². The van der Waals surface area contributed by atoms with Crippen LogP contribution in [0.5, 0.6) is 0 Å². The first-order valence-electron chi connectivity index (χ1n) is 7.01. The van der Waals surface area contributed by atoms with Crippen LogP contribution >= 0.6 is 0 Å². The predicted molar refractivity (Wildman–Crippen MR) is 79.3 cm³/mol. The molecule has 20 heavy (non-hydrogen) atoms. The Hall–Kier alpha value is -1.79. The fraction of sp³-hybridized carbons (Fsp3) is 0.471. The lowest BCUT2D eigenvalue weighted by atomic mass is 9.93. The molecule has 0 radical (unpaired) electrons. The van der Waals surface area contributed by atoms with Crippen LogP contribution < -0.4 is 0 Å². The van der Waals surface area contributed by atoms with E-state index in [1.165, 1.54) is 0 Å². The number of rotatable bonds is 2. The second kappa shape index (κ2) is 6.11. The number of aliphatic hydroxyl groups is 1. The van der Waals surface area contributed by atoms with Gasteiger partial charge in [0.2, 0.25) is 0 Å². The molecule has 0 spiro atoms. The molecule has 1 aliphatic rings. The standard InChI is InChI=1S/C17H21NO2/c1-17(2)9-10-18(13-17)16(20)15-8-5-7-14(12-15)6-3-4-11-19/h5,7-8,12,19H,4,9-11,13H2,1-2H3. The highest BCUT2D eigenvalue weighted by molar-refractivity contribution is 5.94. The minimum atomic E-state index is 0.0640. The van der Waals surface area contributed by atoms with E-state index in [2.05, 4.69) is 25.7 Å². The van der Waals surface area contributed by atoms with Crippen LogP contribution in [0, 0.1) is 17.3 Å². The van der Waals surface area contributed by atoms with Crippen LogP contribution in [0.1, 0.15) is 42.6 Å². The van der Waals surface area contributed by atoms with Crippen LogP contribution in [0.2, 0.25) is 0 Å². The zero-order chi connectivity index (χ0) is 14.6. The van der Waals surface area contributed by atoms with E-state index in [0.717, 1.165) is 25.1 Å². The summed E-state index contributed by atoms with van der Waals surface area (Å²) in [6.07, 6.45) is 1.51. The van der Waals surface area contributed by atoms with Crippen molar-refractivity contribution in [1.82, 2.24) is 4.90 Å². The van der Waals surface area contributed by atoms with Crippen molar-refractivity contribution < 1.29 is 9.90 Å². The average molecular weight is 271 g/mol. The Labute approximate surface area is 120 Å². The number of hydrogen-bond acceptors (Lipinski definition) is 2. The Morgan fingerprint density at radius 1 is 1.45 bits per heavy atom. The summed E-state index contributed by atoms with van der Waals surface area (Å²) in [5.74, 6) is 5.93. The van der Waals surface area contributed by atoms with E-state index in [0.29, 0.717) is 12.0 Å². The lowest BCUT2D eigenvalue weighted by Crippen LogP contribution is -2.30. The molecule has 0 aromatic heterocycles. The lowest BCUT2D eigenvalue weighted by Gasteiger charge is -2.19. The number of amides is 1. The summed E-state index contributed by atoms with van der Waals surface area (Å²) in [6, 6.07) is 7.41. The van der Waals surface area contributed by atoms with Gasteiger partial charge in [0, 0.05) is 30.6 Å². The Bertz CT molecular complexity index is 552. The SMILES string of the molecule is CC1(C)CCN(C(=O)c2cccc(C#CCCO)c2)C1. The van der Waals surface area contributed by atoms with Crippen molar-refractivity contribution in [2.75, 3.05) is 19.7 Å². The molecule has 2 rings (SSSR count).